The molecule has 0 radical (unpaired) electrons. The van der Waals surface area contributed by atoms with Gasteiger partial charge in [-0.2, -0.15) is 8.42 Å². The molecule has 0 saturated carbocycles. The molecule has 5 nitrogen and oxygen atoms in total. The van der Waals surface area contributed by atoms with Gasteiger partial charge in [-0.3, -0.25) is 0 Å². The number of unbranched alkanes of at least 4 members (excludes halogenated alkanes) is 8. The zero-order valence-corrected chi connectivity index (χ0v) is 13.1. The van der Waals surface area contributed by atoms with Crippen LogP contribution in [-0.2, 0) is 23.6 Å². The Kier molecular flexibility index (Phi) is 16.0. The fraction of sp³-hybridized carbons (Fsp3) is 0.786. The predicted molar refractivity (Wildman–Crippen MR) is 85.5 cm³/mol. The van der Waals surface area contributed by atoms with E-state index in [1.165, 1.54) is 38.5 Å². The first-order valence-electron chi connectivity index (χ1n) is 7.27. The van der Waals surface area contributed by atoms with Gasteiger partial charge in [0.1, 0.15) is 0 Å². The molecule has 0 bridgehead atoms. The number of hydrogen-bond acceptors (Lipinski definition) is 5. The van der Waals surface area contributed by atoms with E-state index < -0.39 is 16.4 Å². The maximum atomic E-state index is 11.1. The van der Waals surface area contributed by atoms with Gasteiger partial charge < -0.3 is 4.18 Å². The van der Waals surface area contributed by atoms with Crippen molar-refractivity contribution in [3.8, 4) is 0 Å². The molecule has 0 spiro atoms. The van der Waals surface area contributed by atoms with E-state index >= 15 is 0 Å². The van der Waals surface area contributed by atoms with Crippen LogP contribution in [-0.4, -0.2) is 39.9 Å². The second-order valence-electron chi connectivity index (χ2n) is 4.67. The SMILES string of the molecule is C=CC(=O)OS(=O)(=O)OCCCCCCCCCCC.[LiH]. The van der Waals surface area contributed by atoms with Crippen molar-refractivity contribution in [1.29, 1.82) is 0 Å². The molecule has 0 aromatic rings. The van der Waals surface area contributed by atoms with E-state index in [1.807, 2.05) is 0 Å². The van der Waals surface area contributed by atoms with E-state index in [-0.39, 0.29) is 25.5 Å². The third-order valence-electron chi connectivity index (χ3n) is 2.83. The van der Waals surface area contributed by atoms with Crippen molar-refractivity contribution in [2.75, 3.05) is 6.61 Å². The molecule has 0 amide bonds. The maximum absolute atomic E-state index is 11.1. The molecule has 7 heteroatoms. The van der Waals surface area contributed by atoms with E-state index in [1.54, 1.807) is 0 Å². The minimum absolute atomic E-state index is 0. The quantitative estimate of drug-likeness (QED) is 0.297. The molecule has 0 aromatic carbocycles. The fourth-order valence-corrected chi connectivity index (χ4v) is 2.37. The third-order valence-corrected chi connectivity index (χ3v) is 3.65. The molecule has 0 unspecified atom stereocenters. The normalized spacial score (nSPS) is 10.7. The Morgan fingerprint density at radius 2 is 1.48 bits per heavy atom. The molecular weight excluding hydrogens is 287 g/mol. The molecule has 0 saturated heterocycles. The van der Waals surface area contributed by atoms with Gasteiger partial charge in [-0.05, 0) is 6.42 Å². The molecule has 0 aliphatic rings. The van der Waals surface area contributed by atoms with Crippen molar-refractivity contribution in [3.05, 3.63) is 12.7 Å². The van der Waals surface area contributed by atoms with Crippen LogP contribution >= 0.6 is 0 Å². The van der Waals surface area contributed by atoms with Gasteiger partial charge in [-0.1, -0.05) is 64.9 Å². The first kappa shape index (κ1) is 23.0. The first-order valence-corrected chi connectivity index (χ1v) is 8.60. The van der Waals surface area contributed by atoms with Crippen LogP contribution in [0.5, 0.6) is 0 Å². The summed E-state index contributed by atoms with van der Waals surface area (Å²) >= 11 is 0. The van der Waals surface area contributed by atoms with E-state index in [9.17, 15) is 13.2 Å². The van der Waals surface area contributed by atoms with Gasteiger partial charge in [0, 0.05) is 6.08 Å². The molecule has 120 valence electrons. The first-order chi connectivity index (χ1) is 9.52. The molecule has 0 aliphatic carbocycles. The molecule has 0 atom stereocenters. The summed E-state index contributed by atoms with van der Waals surface area (Å²) in [7, 11) is -4.22. The van der Waals surface area contributed by atoms with E-state index in [2.05, 4.69) is 21.9 Å². The number of hydrogen-bond donors (Lipinski definition) is 0. The summed E-state index contributed by atoms with van der Waals surface area (Å²) in [6.07, 6.45) is 10.9. The summed E-state index contributed by atoms with van der Waals surface area (Å²) in [4.78, 5) is 10.7. The Morgan fingerprint density at radius 3 is 1.95 bits per heavy atom. The van der Waals surface area contributed by atoms with Crippen LogP contribution in [0.1, 0.15) is 64.7 Å². The van der Waals surface area contributed by atoms with Crippen LogP contribution in [0.15, 0.2) is 12.7 Å². The van der Waals surface area contributed by atoms with Crippen molar-refractivity contribution in [3.63, 3.8) is 0 Å². The topological polar surface area (TPSA) is 69.7 Å². The number of rotatable bonds is 13. The molecule has 0 N–H and O–H groups in total. The van der Waals surface area contributed by atoms with Crippen LogP contribution in [0.3, 0.4) is 0 Å². The summed E-state index contributed by atoms with van der Waals surface area (Å²) in [6, 6.07) is 0. The van der Waals surface area contributed by atoms with Gasteiger partial charge in [-0.25, -0.2) is 8.98 Å². The van der Waals surface area contributed by atoms with E-state index in [0.717, 1.165) is 18.9 Å². The van der Waals surface area contributed by atoms with E-state index in [4.69, 9.17) is 0 Å². The van der Waals surface area contributed by atoms with Crippen LogP contribution in [0.2, 0.25) is 0 Å². The minimum atomic E-state index is -4.22. The van der Waals surface area contributed by atoms with Crippen molar-refractivity contribution in [2.24, 2.45) is 0 Å². The third kappa shape index (κ3) is 15.9. The van der Waals surface area contributed by atoms with Crippen LogP contribution < -0.4 is 0 Å². The van der Waals surface area contributed by atoms with Gasteiger partial charge in [0.25, 0.3) is 0 Å². The van der Waals surface area contributed by atoms with Crippen molar-refractivity contribution in [1.82, 2.24) is 0 Å². The van der Waals surface area contributed by atoms with Gasteiger partial charge in [0.05, 0.1) is 6.61 Å². The standard InChI is InChI=1S/C14H26O5S.Li.H/c1-3-5-6-7-8-9-10-11-12-13-18-20(16,17)19-14(15)4-2;;/h4H,2-3,5-13H2,1H3;;. The second kappa shape index (κ2) is 14.6. The monoisotopic (exact) mass is 314 g/mol. The van der Waals surface area contributed by atoms with Gasteiger partial charge in [0.2, 0.25) is 0 Å². The predicted octanol–water partition coefficient (Wildman–Crippen LogP) is 2.86. The molecule has 0 heterocycles. The summed E-state index contributed by atoms with van der Waals surface area (Å²) in [6.45, 7) is 5.35. The Labute approximate surface area is 141 Å². The number of carbonyl (C=O) groups excluding carboxylic acids is 1. The summed E-state index contributed by atoms with van der Waals surface area (Å²) in [5.41, 5.74) is 0. The van der Waals surface area contributed by atoms with E-state index in [0.29, 0.717) is 6.42 Å². The Morgan fingerprint density at radius 1 is 1.00 bits per heavy atom. The van der Waals surface area contributed by atoms with Crippen molar-refractivity contribution < 1.29 is 21.6 Å². The summed E-state index contributed by atoms with van der Waals surface area (Å²) in [5, 5.41) is 0. The van der Waals surface area contributed by atoms with Crippen LogP contribution in [0.4, 0.5) is 0 Å². The average Bonchev–Trinajstić information content (AvgIpc) is 2.40. The zero-order valence-electron chi connectivity index (χ0n) is 12.3. The summed E-state index contributed by atoms with van der Waals surface area (Å²) in [5.74, 6) is -1.03. The molecule has 0 fully saturated rings. The zero-order chi connectivity index (χ0) is 15.3. The molecule has 0 aliphatic heterocycles. The van der Waals surface area contributed by atoms with Crippen molar-refractivity contribution in [2.45, 2.75) is 64.7 Å². The average molecular weight is 314 g/mol. The van der Waals surface area contributed by atoms with Gasteiger partial charge in [-0.15, -0.1) is 0 Å². The van der Waals surface area contributed by atoms with Gasteiger partial charge >= 0.3 is 35.2 Å². The van der Waals surface area contributed by atoms with Crippen LogP contribution in [0, 0.1) is 0 Å². The van der Waals surface area contributed by atoms with Gasteiger partial charge in [0.15, 0.2) is 0 Å². The second-order valence-corrected chi connectivity index (χ2v) is 5.88. The van der Waals surface area contributed by atoms with Crippen LogP contribution in [0.25, 0.3) is 0 Å². The molecule has 0 rings (SSSR count). The molecular formula is C14H27LiO5S. The summed E-state index contributed by atoms with van der Waals surface area (Å²) < 4.78 is 30.9. The Hall–Kier alpha value is -0.283. The molecule has 0 aromatic heterocycles. The fourth-order valence-electron chi connectivity index (χ4n) is 1.73. The molecule has 21 heavy (non-hydrogen) atoms. The van der Waals surface area contributed by atoms with Crippen molar-refractivity contribution >= 4 is 35.2 Å². The Balaban J connectivity index is 0. The Bertz CT molecular complexity index is 368. The number of carbonyl (C=O) groups is 1.